The van der Waals surface area contributed by atoms with Crippen molar-refractivity contribution < 1.29 is 14.3 Å². The Labute approximate surface area is 167 Å². The Balaban J connectivity index is 1.66. The molecule has 0 spiro atoms. The Morgan fingerprint density at radius 2 is 1.86 bits per heavy atom. The van der Waals surface area contributed by atoms with Crippen LogP contribution in [0.15, 0.2) is 24.3 Å². The number of hydrogen-bond acceptors (Lipinski definition) is 4. The normalized spacial score (nSPS) is 21.9. The molecule has 0 N–H and O–H groups in total. The number of carbonyl (C=O) groups excluding carboxylic acids is 1. The lowest BCUT2D eigenvalue weighted by Crippen LogP contribution is -2.43. The van der Waals surface area contributed by atoms with Gasteiger partial charge in [-0.15, -0.1) is 0 Å². The summed E-state index contributed by atoms with van der Waals surface area (Å²) < 4.78 is 10.7. The van der Waals surface area contributed by atoms with Crippen molar-refractivity contribution in [2.45, 2.75) is 64.0 Å². The van der Waals surface area contributed by atoms with Crippen molar-refractivity contribution in [3.05, 3.63) is 29.8 Å². The molecule has 0 radical (unpaired) electrons. The zero-order chi connectivity index (χ0) is 19.9. The molecule has 1 aromatic rings. The maximum atomic E-state index is 13.0. The molecule has 2 fully saturated rings. The quantitative estimate of drug-likeness (QED) is 0.618. The number of nitriles is 1. The summed E-state index contributed by atoms with van der Waals surface area (Å²) in [6, 6.07) is 8.23. The number of rotatable bonds is 8. The van der Waals surface area contributed by atoms with Gasteiger partial charge >= 0.3 is 0 Å². The lowest BCUT2D eigenvalue weighted by molar-refractivity contribution is -0.129. The van der Waals surface area contributed by atoms with E-state index in [0.29, 0.717) is 23.6 Å². The fraction of sp³-hybridized carbons (Fsp3) is 0.565. The van der Waals surface area contributed by atoms with Crippen LogP contribution in [0.25, 0.3) is 6.08 Å². The smallest absolute Gasteiger partial charge is 0.247 e. The predicted molar refractivity (Wildman–Crippen MR) is 109 cm³/mol. The first-order chi connectivity index (χ1) is 13.7. The third kappa shape index (κ3) is 5.07. The van der Waals surface area contributed by atoms with Crippen LogP contribution in [0.2, 0.25) is 0 Å². The van der Waals surface area contributed by atoms with E-state index in [-0.39, 0.29) is 12.5 Å². The second-order valence-electron chi connectivity index (χ2n) is 7.75. The van der Waals surface area contributed by atoms with Crippen molar-refractivity contribution in [3.63, 3.8) is 0 Å². The van der Waals surface area contributed by atoms with Gasteiger partial charge in [-0.3, -0.25) is 4.79 Å². The number of amides is 1. The Morgan fingerprint density at radius 3 is 2.43 bits per heavy atom. The van der Waals surface area contributed by atoms with E-state index in [2.05, 4.69) is 11.8 Å². The second kappa shape index (κ2) is 9.64. The van der Waals surface area contributed by atoms with E-state index < -0.39 is 0 Å². The monoisotopic (exact) mass is 382 g/mol. The van der Waals surface area contributed by atoms with Crippen LogP contribution in [0.4, 0.5) is 0 Å². The van der Waals surface area contributed by atoms with Crippen LogP contribution in [0.3, 0.4) is 0 Å². The molecular formula is C23H30N2O3. The van der Waals surface area contributed by atoms with Crippen LogP contribution in [0.5, 0.6) is 11.5 Å². The number of benzene rings is 1. The zero-order valence-electron chi connectivity index (χ0n) is 16.9. The molecule has 0 heterocycles. The molecule has 5 nitrogen and oxygen atoms in total. The molecule has 0 bridgehead atoms. The van der Waals surface area contributed by atoms with E-state index in [4.69, 9.17) is 14.7 Å². The summed E-state index contributed by atoms with van der Waals surface area (Å²) in [5.41, 5.74) is 0.875. The summed E-state index contributed by atoms with van der Waals surface area (Å²) in [4.78, 5) is 15.1. The minimum Gasteiger partial charge on any atom is -0.493 e. The Bertz CT molecular complexity index is 741. The number of ether oxygens (including phenoxy) is 2. The number of methoxy groups -OCH3 is 1. The second-order valence-corrected chi connectivity index (χ2v) is 7.75. The first-order valence-corrected chi connectivity index (χ1v) is 10.3. The maximum Gasteiger partial charge on any atom is 0.247 e. The van der Waals surface area contributed by atoms with E-state index in [1.165, 1.54) is 19.3 Å². The van der Waals surface area contributed by atoms with Gasteiger partial charge in [0, 0.05) is 18.2 Å². The minimum atomic E-state index is -0.0271. The van der Waals surface area contributed by atoms with Crippen LogP contribution in [-0.4, -0.2) is 36.6 Å². The van der Waals surface area contributed by atoms with E-state index in [0.717, 1.165) is 37.2 Å². The summed E-state index contributed by atoms with van der Waals surface area (Å²) in [7, 11) is 1.56. The third-order valence-corrected chi connectivity index (χ3v) is 5.88. The average molecular weight is 383 g/mol. The highest BCUT2D eigenvalue weighted by Gasteiger charge is 2.37. The molecule has 2 aliphatic carbocycles. The van der Waals surface area contributed by atoms with Gasteiger partial charge in [-0.25, -0.2) is 0 Å². The van der Waals surface area contributed by atoms with Gasteiger partial charge in [-0.1, -0.05) is 19.4 Å². The van der Waals surface area contributed by atoms with Gasteiger partial charge in [-0.05, 0) is 68.2 Å². The Morgan fingerprint density at radius 1 is 1.18 bits per heavy atom. The van der Waals surface area contributed by atoms with E-state index >= 15 is 0 Å². The average Bonchev–Trinajstić information content (AvgIpc) is 3.56. The molecule has 1 amide bonds. The summed E-state index contributed by atoms with van der Waals surface area (Å²) in [6.07, 6.45) is 11.8. The van der Waals surface area contributed by atoms with Gasteiger partial charge in [0.15, 0.2) is 18.1 Å². The number of hydrogen-bond donors (Lipinski definition) is 0. The van der Waals surface area contributed by atoms with E-state index in [1.54, 1.807) is 19.3 Å². The highest BCUT2D eigenvalue weighted by atomic mass is 16.5. The first-order valence-electron chi connectivity index (χ1n) is 10.3. The van der Waals surface area contributed by atoms with E-state index in [1.807, 2.05) is 24.3 Å². The zero-order valence-corrected chi connectivity index (χ0v) is 16.9. The van der Waals surface area contributed by atoms with Crippen molar-refractivity contribution in [3.8, 4) is 17.6 Å². The highest BCUT2D eigenvalue weighted by Crippen LogP contribution is 2.36. The van der Waals surface area contributed by atoms with Crippen molar-refractivity contribution in [1.29, 1.82) is 5.26 Å². The van der Waals surface area contributed by atoms with Gasteiger partial charge in [0.05, 0.1) is 7.11 Å². The number of carbonyl (C=O) groups is 1. The lowest BCUT2D eigenvalue weighted by atomic mass is 9.84. The Kier molecular flexibility index (Phi) is 6.97. The van der Waals surface area contributed by atoms with Crippen LogP contribution >= 0.6 is 0 Å². The highest BCUT2D eigenvalue weighted by molar-refractivity contribution is 5.92. The molecule has 2 saturated carbocycles. The van der Waals surface area contributed by atoms with Crippen LogP contribution in [0.1, 0.15) is 57.4 Å². The van der Waals surface area contributed by atoms with Gasteiger partial charge in [0.25, 0.3) is 0 Å². The summed E-state index contributed by atoms with van der Waals surface area (Å²) in [5.74, 6) is 2.03. The predicted octanol–water partition coefficient (Wildman–Crippen LogP) is 4.57. The van der Waals surface area contributed by atoms with Crippen molar-refractivity contribution >= 4 is 12.0 Å². The summed E-state index contributed by atoms with van der Waals surface area (Å²) in [5, 5.41) is 8.66. The van der Waals surface area contributed by atoms with Crippen molar-refractivity contribution in [2.24, 2.45) is 5.92 Å². The summed E-state index contributed by atoms with van der Waals surface area (Å²) >= 11 is 0. The maximum absolute atomic E-state index is 13.0. The van der Waals surface area contributed by atoms with E-state index in [9.17, 15) is 4.79 Å². The van der Waals surface area contributed by atoms with Crippen LogP contribution < -0.4 is 9.47 Å². The first kappa shape index (κ1) is 20.3. The largest absolute Gasteiger partial charge is 0.493 e. The molecular weight excluding hydrogens is 352 g/mol. The Hall–Kier alpha value is -2.48. The molecule has 150 valence electrons. The molecule has 3 rings (SSSR count). The molecule has 0 atom stereocenters. The molecule has 0 unspecified atom stereocenters. The molecule has 0 aromatic heterocycles. The molecule has 2 aliphatic rings. The molecule has 0 aliphatic heterocycles. The molecule has 5 heteroatoms. The van der Waals surface area contributed by atoms with Crippen molar-refractivity contribution in [1.82, 2.24) is 4.90 Å². The fourth-order valence-corrected chi connectivity index (χ4v) is 4.11. The van der Waals surface area contributed by atoms with Crippen LogP contribution in [0, 0.1) is 17.2 Å². The van der Waals surface area contributed by atoms with Crippen molar-refractivity contribution in [2.75, 3.05) is 13.7 Å². The van der Waals surface area contributed by atoms with Gasteiger partial charge in [0.2, 0.25) is 5.91 Å². The number of nitrogens with zero attached hydrogens (tertiary/aromatic N) is 2. The SMILES string of the molecule is CCC1CCC(N(C(=O)/C=C/c2ccc(OCC#N)c(OC)c2)C2CC2)CC1. The van der Waals surface area contributed by atoms with Gasteiger partial charge in [-0.2, -0.15) is 5.26 Å². The minimum absolute atomic E-state index is 0.0271. The summed E-state index contributed by atoms with van der Waals surface area (Å²) in [6.45, 7) is 2.24. The van der Waals surface area contributed by atoms with Crippen LogP contribution in [-0.2, 0) is 4.79 Å². The topological polar surface area (TPSA) is 62.6 Å². The molecule has 0 saturated heterocycles. The molecule has 1 aromatic carbocycles. The third-order valence-electron chi connectivity index (χ3n) is 5.88. The lowest BCUT2D eigenvalue weighted by Gasteiger charge is -2.36. The standard InChI is InChI=1S/C23H30N2O3/c1-3-17-4-8-19(9-5-17)25(20-10-11-20)23(26)13-7-18-6-12-21(28-15-14-24)22(16-18)27-2/h6-7,12-13,16-17,19-20H,3-5,8-11,15H2,1-2H3/b13-7+. The fourth-order valence-electron chi connectivity index (χ4n) is 4.11. The van der Waals surface area contributed by atoms with Gasteiger partial charge < -0.3 is 14.4 Å². The molecule has 28 heavy (non-hydrogen) atoms. The van der Waals surface area contributed by atoms with Gasteiger partial charge in [0.1, 0.15) is 6.07 Å².